The molecule has 17 heavy (non-hydrogen) atoms. The lowest BCUT2D eigenvalue weighted by Gasteiger charge is -2.18. The van der Waals surface area contributed by atoms with E-state index in [0.29, 0.717) is 12.5 Å². The second-order valence-electron chi connectivity index (χ2n) is 4.60. The van der Waals surface area contributed by atoms with E-state index in [2.05, 4.69) is 35.1 Å². The highest BCUT2D eigenvalue weighted by molar-refractivity contribution is 9.11. The van der Waals surface area contributed by atoms with Gasteiger partial charge in [-0.2, -0.15) is 0 Å². The normalized spacial score (nSPS) is 12.8. The van der Waals surface area contributed by atoms with E-state index < -0.39 is 0 Å². The minimum absolute atomic E-state index is 0.0279. The molecule has 0 aliphatic heterocycles. The van der Waals surface area contributed by atoms with Crippen LogP contribution in [0, 0.1) is 12.8 Å². The smallest absolute Gasteiger partial charge is 0.261 e. The summed E-state index contributed by atoms with van der Waals surface area (Å²) in [6.07, 6.45) is 0.910. The van der Waals surface area contributed by atoms with Gasteiger partial charge in [0.1, 0.15) is 0 Å². The first-order valence-corrected chi connectivity index (χ1v) is 7.31. The monoisotopic (exact) mass is 318 g/mol. The molecule has 1 amide bonds. The lowest BCUT2D eigenvalue weighted by atomic mass is 10.0. The van der Waals surface area contributed by atoms with E-state index in [4.69, 9.17) is 5.73 Å². The quantitative estimate of drug-likeness (QED) is 0.877. The van der Waals surface area contributed by atoms with Gasteiger partial charge in [-0.15, -0.1) is 11.3 Å². The van der Waals surface area contributed by atoms with Crippen molar-refractivity contribution in [1.82, 2.24) is 5.32 Å². The molecule has 0 saturated carbocycles. The average molecular weight is 319 g/mol. The number of thiophene rings is 1. The largest absolute Gasteiger partial charge is 0.347 e. The van der Waals surface area contributed by atoms with Gasteiger partial charge in [-0.05, 0) is 46.8 Å². The van der Waals surface area contributed by atoms with Crippen LogP contribution in [0.3, 0.4) is 0 Å². The minimum Gasteiger partial charge on any atom is -0.347 e. The highest BCUT2D eigenvalue weighted by atomic mass is 79.9. The first-order chi connectivity index (χ1) is 7.93. The summed E-state index contributed by atoms with van der Waals surface area (Å²) in [4.78, 5) is 12.7. The molecule has 1 aromatic rings. The van der Waals surface area contributed by atoms with Crippen LogP contribution in [0.1, 0.15) is 35.5 Å². The zero-order chi connectivity index (χ0) is 13.0. The standard InChI is InChI=1S/C12H19BrN2OS/c1-7(2)4-9(6-14)15-12(16)10-5-8(3)11(13)17-10/h5,7,9H,4,6,14H2,1-3H3,(H,15,16). The van der Waals surface area contributed by atoms with Crippen LogP contribution in [-0.2, 0) is 0 Å². The number of carbonyl (C=O) groups excluding carboxylic acids is 1. The van der Waals surface area contributed by atoms with Crippen LogP contribution in [0.2, 0.25) is 0 Å². The van der Waals surface area contributed by atoms with Crippen LogP contribution < -0.4 is 11.1 Å². The summed E-state index contributed by atoms with van der Waals surface area (Å²) in [5.41, 5.74) is 6.75. The van der Waals surface area contributed by atoms with E-state index in [-0.39, 0.29) is 11.9 Å². The molecule has 0 aliphatic rings. The van der Waals surface area contributed by atoms with Crippen molar-refractivity contribution in [3.05, 3.63) is 20.3 Å². The Morgan fingerprint density at radius 3 is 2.65 bits per heavy atom. The Balaban J connectivity index is 2.64. The lowest BCUT2D eigenvalue weighted by Crippen LogP contribution is -2.40. The number of nitrogens with two attached hydrogens (primary N) is 1. The van der Waals surface area contributed by atoms with Gasteiger partial charge in [0.2, 0.25) is 0 Å². The molecular weight excluding hydrogens is 300 g/mol. The molecule has 1 rings (SSSR count). The van der Waals surface area contributed by atoms with Crippen LogP contribution in [0.15, 0.2) is 9.85 Å². The molecule has 1 atom stereocenters. The van der Waals surface area contributed by atoms with Crippen LogP contribution in [0.4, 0.5) is 0 Å². The second-order valence-corrected chi connectivity index (χ2v) is 6.97. The van der Waals surface area contributed by atoms with Gasteiger partial charge >= 0.3 is 0 Å². The lowest BCUT2D eigenvalue weighted by molar-refractivity contribution is 0.0938. The number of rotatable bonds is 5. The predicted molar refractivity (Wildman–Crippen MR) is 76.5 cm³/mol. The summed E-state index contributed by atoms with van der Waals surface area (Å²) >= 11 is 4.88. The van der Waals surface area contributed by atoms with E-state index in [1.807, 2.05) is 13.0 Å². The van der Waals surface area contributed by atoms with Gasteiger partial charge in [-0.3, -0.25) is 4.79 Å². The third-order valence-corrected chi connectivity index (χ3v) is 4.59. The highest BCUT2D eigenvalue weighted by Crippen LogP contribution is 2.27. The third-order valence-electron chi connectivity index (χ3n) is 2.46. The second kappa shape index (κ2) is 6.52. The zero-order valence-corrected chi connectivity index (χ0v) is 12.8. The highest BCUT2D eigenvalue weighted by Gasteiger charge is 2.16. The van der Waals surface area contributed by atoms with Gasteiger partial charge in [-0.25, -0.2) is 0 Å². The molecule has 0 aromatic carbocycles. The molecule has 0 aliphatic carbocycles. The number of hydrogen-bond donors (Lipinski definition) is 2. The molecule has 5 heteroatoms. The molecule has 1 heterocycles. The van der Waals surface area contributed by atoms with Gasteiger partial charge in [0.05, 0.1) is 8.66 Å². The van der Waals surface area contributed by atoms with Crippen molar-refractivity contribution >= 4 is 33.2 Å². The van der Waals surface area contributed by atoms with Crippen LogP contribution in [0.25, 0.3) is 0 Å². The maximum absolute atomic E-state index is 12.0. The minimum atomic E-state index is -0.0279. The van der Waals surface area contributed by atoms with E-state index in [1.54, 1.807) is 0 Å². The molecule has 1 unspecified atom stereocenters. The Bertz CT molecular complexity index is 370. The Morgan fingerprint density at radius 1 is 1.59 bits per heavy atom. The number of nitrogens with one attached hydrogen (secondary N) is 1. The van der Waals surface area contributed by atoms with Crippen molar-refractivity contribution in [2.75, 3.05) is 6.54 Å². The Kier molecular flexibility index (Phi) is 5.62. The Morgan fingerprint density at radius 2 is 2.24 bits per heavy atom. The summed E-state index contributed by atoms with van der Waals surface area (Å²) in [5.74, 6) is 0.501. The maximum atomic E-state index is 12.0. The molecular formula is C12H19BrN2OS. The summed E-state index contributed by atoms with van der Waals surface area (Å²) in [5, 5.41) is 2.98. The Hall–Kier alpha value is -0.390. The van der Waals surface area contributed by atoms with Crippen LogP contribution in [-0.4, -0.2) is 18.5 Å². The van der Waals surface area contributed by atoms with E-state index >= 15 is 0 Å². The maximum Gasteiger partial charge on any atom is 0.261 e. The van der Waals surface area contributed by atoms with Gasteiger partial charge in [0, 0.05) is 12.6 Å². The van der Waals surface area contributed by atoms with Crippen LogP contribution in [0.5, 0.6) is 0 Å². The first kappa shape index (κ1) is 14.7. The van der Waals surface area contributed by atoms with Crippen molar-refractivity contribution in [3.63, 3.8) is 0 Å². The number of aryl methyl sites for hydroxylation is 1. The zero-order valence-electron chi connectivity index (χ0n) is 10.4. The molecule has 1 aromatic heterocycles. The van der Waals surface area contributed by atoms with Crippen molar-refractivity contribution in [2.24, 2.45) is 11.7 Å². The fourth-order valence-electron chi connectivity index (χ4n) is 1.61. The molecule has 0 radical (unpaired) electrons. The summed E-state index contributed by atoms with van der Waals surface area (Å²) < 4.78 is 1.01. The number of hydrogen-bond acceptors (Lipinski definition) is 3. The summed E-state index contributed by atoms with van der Waals surface area (Å²) in [6.45, 7) is 6.71. The van der Waals surface area contributed by atoms with Gasteiger partial charge < -0.3 is 11.1 Å². The summed E-state index contributed by atoms with van der Waals surface area (Å²) in [7, 11) is 0. The fraction of sp³-hybridized carbons (Fsp3) is 0.583. The number of amides is 1. The van der Waals surface area contributed by atoms with E-state index in [1.165, 1.54) is 11.3 Å². The third kappa shape index (κ3) is 4.41. The predicted octanol–water partition coefficient (Wildman–Crippen LogP) is 2.92. The average Bonchev–Trinajstić information content (AvgIpc) is 2.57. The first-order valence-electron chi connectivity index (χ1n) is 5.71. The van der Waals surface area contributed by atoms with Crippen molar-refractivity contribution in [2.45, 2.75) is 33.2 Å². The molecule has 0 bridgehead atoms. The molecule has 0 saturated heterocycles. The molecule has 0 spiro atoms. The SMILES string of the molecule is Cc1cc(C(=O)NC(CN)CC(C)C)sc1Br. The van der Waals surface area contributed by atoms with Gasteiger partial charge in [-0.1, -0.05) is 13.8 Å². The fourth-order valence-corrected chi connectivity index (χ4v) is 3.05. The molecule has 3 N–H and O–H groups in total. The van der Waals surface area contributed by atoms with Gasteiger partial charge in [0.15, 0.2) is 0 Å². The number of carbonyl (C=O) groups is 1. The van der Waals surface area contributed by atoms with Crippen LogP contribution >= 0.6 is 27.3 Å². The Labute approximate surface area is 115 Å². The summed E-state index contributed by atoms with van der Waals surface area (Å²) in [6, 6.07) is 1.95. The van der Waals surface area contributed by atoms with Gasteiger partial charge in [0.25, 0.3) is 5.91 Å². The van der Waals surface area contributed by atoms with E-state index in [9.17, 15) is 4.79 Å². The molecule has 96 valence electrons. The topological polar surface area (TPSA) is 55.1 Å². The van der Waals surface area contributed by atoms with Crippen molar-refractivity contribution in [3.8, 4) is 0 Å². The van der Waals surface area contributed by atoms with Crippen molar-refractivity contribution in [1.29, 1.82) is 0 Å². The molecule has 3 nitrogen and oxygen atoms in total. The van der Waals surface area contributed by atoms with Crippen molar-refractivity contribution < 1.29 is 4.79 Å². The number of halogens is 1. The molecule has 0 fully saturated rings. The van der Waals surface area contributed by atoms with E-state index in [0.717, 1.165) is 20.6 Å².